The molecule has 4 rings (SSSR count). The van der Waals surface area contributed by atoms with E-state index in [-0.39, 0.29) is 5.91 Å². The number of fused-ring (bicyclic) bond motifs is 5. The fraction of sp³-hybridized carbons (Fsp3) is 0.962. The Bertz CT molecular complexity index is 573. The van der Waals surface area contributed by atoms with Crippen molar-refractivity contribution in [2.75, 3.05) is 6.54 Å². The molecule has 4 aliphatic rings. The minimum atomic E-state index is 0.124. The lowest BCUT2D eigenvalue weighted by molar-refractivity contribution is -0.135. The summed E-state index contributed by atoms with van der Waals surface area (Å²) in [5.41, 5.74) is 1.22. The third-order valence-electron chi connectivity index (χ3n) is 10.6. The molecule has 0 aliphatic heterocycles. The van der Waals surface area contributed by atoms with Crippen LogP contribution in [-0.4, -0.2) is 12.5 Å². The summed E-state index contributed by atoms with van der Waals surface area (Å²) in [7, 11) is 0. The summed E-state index contributed by atoms with van der Waals surface area (Å²) in [5, 5.41) is 3.01. The molecule has 0 saturated heterocycles. The standard InChI is InChI=1S/C26H45NO/c1-5-19-17-21-23-12-11-20(9-8-16-27-18(2)28)25(23,3)15-13-24(21)26(4)14-7-6-10-22(19)26/h19-24H,5-17H2,1-4H3,(H,27,28)/t19-,20?,21-,22-,23-,24-,25+,26-/m0/s1. The average Bonchev–Trinajstić information content (AvgIpc) is 3.00. The van der Waals surface area contributed by atoms with Crippen LogP contribution in [0.1, 0.15) is 105 Å². The molecule has 0 spiro atoms. The molecule has 0 aromatic heterocycles. The van der Waals surface area contributed by atoms with Crippen LogP contribution in [0.25, 0.3) is 0 Å². The predicted molar refractivity (Wildman–Crippen MR) is 117 cm³/mol. The summed E-state index contributed by atoms with van der Waals surface area (Å²) in [5.74, 6) is 6.02. The fourth-order valence-electron chi connectivity index (χ4n) is 9.22. The van der Waals surface area contributed by atoms with Gasteiger partial charge in [0.2, 0.25) is 5.91 Å². The van der Waals surface area contributed by atoms with Crippen LogP contribution in [0.5, 0.6) is 0 Å². The minimum absolute atomic E-state index is 0.124. The molecule has 160 valence electrons. The van der Waals surface area contributed by atoms with E-state index < -0.39 is 0 Å². The van der Waals surface area contributed by atoms with Gasteiger partial charge in [0.15, 0.2) is 0 Å². The maximum absolute atomic E-state index is 11.2. The molecule has 4 saturated carbocycles. The van der Waals surface area contributed by atoms with E-state index in [2.05, 4.69) is 26.1 Å². The first kappa shape index (κ1) is 20.7. The largest absolute Gasteiger partial charge is 0.356 e. The van der Waals surface area contributed by atoms with Gasteiger partial charge in [-0.05, 0) is 104 Å². The molecule has 8 atom stereocenters. The Hall–Kier alpha value is -0.530. The van der Waals surface area contributed by atoms with Crippen LogP contribution in [0, 0.1) is 46.3 Å². The van der Waals surface area contributed by atoms with Gasteiger partial charge in [0.05, 0.1) is 0 Å². The summed E-state index contributed by atoms with van der Waals surface area (Å²) in [6, 6.07) is 0. The van der Waals surface area contributed by atoms with Crippen molar-refractivity contribution in [2.45, 2.75) is 105 Å². The predicted octanol–water partition coefficient (Wildman–Crippen LogP) is 6.59. The highest BCUT2D eigenvalue weighted by Crippen LogP contribution is 2.69. The van der Waals surface area contributed by atoms with Crippen LogP contribution in [0.15, 0.2) is 0 Å². The highest BCUT2D eigenvalue weighted by Gasteiger charge is 2.60. The smallest absolute Gasteiger partial charge is 0.216 e. The Morgan fingerprint density at radius 1 is 0.964 bits per heavy atom. The number of carbonyl (C=O) groups is 1. The van der Waals surface area contributed by atoms with Crippen molar-refractivity contribution in [3.8, 4) is 0 Å². The zero-order valence-electron chi connectivity index (χ0n) is 19.1. The molecule has 2 nitrogen and oxygen atoms in total. The van der Waals surface area contributed by atoms with Crippen LogP contribution in [0.2, 0.25) is 0 Å². The molecule has 1 N–H and O–H groups in total. The minimum Gasteiger partial charge on any atom is -0.356 e. The highest BCUT2D eigenvalue weighted by atomic mass is 16.1. The zero-order valence-corrected chi connectivity index (χ0v) is 19.1. The van der Waals surface area contributed by atoms with Crippen molar-refractivity contribution in [2.24, 2.45) is 46.3 Å². The molecule has 0 radical (unpaired) electrons. The lowest BCUT2D eigenvalue weighted by Gasteiger charge is -2.62. The quantitative estimate of drug-likeness (QED) is 0.530. The number of nitrogens with one attached hydrogen (secondary N) is 1. The third kappa shape index (κ3) is 3.35. The van der Waals surface area contributed by atoms with Gasteiger partial charge in [-0.15, -0.1) is 0 Å². The molecular weight excluding hydrogens is 342 g/mol. The van der Waals surface area contributed by atoms with Crippen LogP contribution in [0.4, 0.5) is 0 Å². The highest BCUT2D eigenvalue weighted by molar-refractivity contribution is 5.72. The summed E-state index contributed by atoms with van der Waals surface area (Å²) in [6.07, 6.45) is 17.4. The molecule has 1 unspecified atom stereocenters. The van der Waals surface area contributed by atoms with Crippen molar-refractivity contribution in [1.82, 2.24) is 5.32 Å². The van der Waals surface area contributed by atoms with E-state index in [0.717, 1.165) is 48.5 Å². The zero-order chi connectivity index (χ0) is 19.9. The van der Waals surface area contributed by atoms with Gasteiger partial charge in [-0.3, -0.25) is 4.79 Å². The van der Waals surface area contributed by atoms with Crippen molar-refractivity contribution in [1.29, 1.82) is 0 Å². The number of carbonyl (C=O) groups excluding carboxylic acids is 1. The first-order valence-corrected chi connectivity index (χ1v) is 12.6. The lowest BCUT2D eigenvalue weighted by atomic mass is 9.42. The van der Waals surface area contributed by atoms with E-state index in [1.807, 2.05) is 0 Å². The molecule has 0 aromatic carbocycles. The molecule has 28 heavy (non-hydrogen) atoms. The molecule has 1 amide bonds. The SMILES string of the molecule is CC[C@H]1C[C@@H]2[C@H](CC[C@]3(C)C(CCCNC(C)=O)CC[C@@H]23)[C@@]2(C)CCCC[C@@H]12. The van der Waals surface area contributed by atoms with E-state index in [0.29, 0.717) is 10.8 Å². The number of amides is 1. The van der Waals surface area contributed by atoms with E-state index in [1.54, 1.807) is 13.3 Å². The van der Waals surface area contributed by atoms with Gasteiger partial charge in [-0.1, -0.05) is 40.0 Å². The first-order valence-electron chi connectivity index (χ1n) is 12.6. The van der Waals surface area contributed by atoms with Crippen LogP contribution in [0.3, 0.4) is 0 Å². The summed E-state index contributed by atoms with van der Waals surface area (Å²) in [6.45, 7) is 10.4. The molecule has 2 heteroatoms. The van der Waals surface area contributed by atoms with Crippen molar-refractivity contribution in [3.05, 3.63) is 0 Å². The monoisotopic (exact) mass is 387 g/mol. The first-order chi connectivity index (χ1) is 13.4. The van der Waals surface area contributed by atoms with E-state index in [4.69, 9.17) is 0 Å². The maximum Gasteiger partial charge on any atom is 0.216 e. The Balaban J connectivity index is 1.49. The molecule has 4 fully saturated rings. The second-order valence-electron chi connectivity index (χ2n) is 11.6. The van der Waals surface area contributed by atoms with Crippen molar-refractivity contribution >= 4 is 5.91 Å². The van der Waals surface area contributed by atoms with Crippen LogP contribution in [-0.2, 0) is 4.79 Å². The van der Waals surface area contributed by atoms with Gasteiger partial charge in [-0.25, -0.2) is 0 Å². The second kappa shape index (κ2) is 7.95. The number of rotatable bonds is 5. The van der Waals surface area contributed by atoms with Gasteiger partial charge in [0, 0.05) is 13.5 Å². The van der Waals surface area contributed by atoms with E-state index in [9.17, 15) is 4.79 Å². The van der Waals surface area contributed by atoms with Gasteiger partial charge in [0.25, 0.3) is 0 Å². The molecular formula is C26H45NO. The van der Waals surface area contributed by atoms with Crippen LogP contribution >= 0.6 is 0 Å². The summed E-state index contributed by atoms with van der Waals surface area (Å²) >= 11 is 0. The van der Waals surface area contributed by atoms with E-state index >= 15 is 0 Å². The maximum atomic E-state index is 11.2. The number of hydrogen-bond acceptors (Lipinski definition) is 1. The Morgan fingerprint density at radius 2 is 1.75 bits per heavy atom. The van der Waals surface area contributed by atoms with Crippen LogP contribution < -0.4 is 5.32 Å². The van der Waals surface area contributed by atoms with E-state index in [1.165, 1.54) is 64.2 Å². The molecule has 4 aliphatic carbocycles. The van der Waals surface area contributed by atoms with Gasteiger partial charge in [-0.2, -0.15) is 0 Å². The molecule has 0 heterocycles. The normalized spacial score (nSPS) is 47.7. The Morgan fingerprint density at radius 3 is 2.50 bits per heavy atom. The van der Waals surface area contributed by atoms with Gasteiger partial charge in [0.1, 0.15) is 0 Å². The second-order valence-corrected chi connectivity index (χ2v) is 11.6. The topological polar surface area (TPSA) is 29.1 Å². The van der Waals surface area contributed by atoms with Gasteiger partial charge >= 0.3 is 0 Å². The fourth-order valence-corrected chi connectivity index (χ4v) is 9.22. The van der Waals surface area contributed by atoms with Gasteiger partial charge < -0.3 is 5.32 Å². The summed E-state index contributed by atoms with van der Waals surface area (Å²) < 4.78 is 0. The average molecular weight is 388 g/mol. The van der Waals surface area contributed by atoms with Crippen molar-refractivity contribution in [3.63, 3.8) is 0 Å². The molecule has 0 bridgehead atoms. The van der Waals surface area contributed by atoms with Crippen molar-refractivity contribution < 1.29 is 4.79 Å². The number of hydrogen-bond donors (Lipinski definition) is 1. The summed E-state index contributed by atoms with van der Waals surface area (Å²) in [4.78, 5) is 11.2. The molecule has 0 aromatic rings. The Kier molecular flexibility index (Phi) is 5.89. The third-order valence-corrected chi connectivity index (χ3v) is 10.6. The lowest BCUT2D eigenvalue weighted by Crippen LogP contribution is -2.55. The Labute approximate surface area is 174 Å².